The molecule has 5 rings (SSSR count). The number of fused-ring (bicyclic) bond motifs is 1. The zero-order valence-corrected chi connectivity index (χ0v) is 20.6. The molecule has 2 aliphatic rings. The van der Waals surface area contributed by atoms with E-state index < -0.39 is 6.04 Å². The van der Waals surface area contributed by atoms with E-state index in [0.29, 0.717) is 27.4 Å². The van der Waals surface area contributed by atoms with E-state index in [0.717, 1.165) is 37.0 Å². The lowest BCUT2D eigenvalue weighted by Crippen LogP contribution is -2.32. The fourth-order valence-corrected chi connectivity index (χ4v) is 5.59. The molecule has 1 aromatic heterocycles. The molecule has 6 nitrogen and oxygen atoms in total. The summed E-state index contributed by atoms with van der Waals surface area (Å²) in [5, 5.41) is 9.27. The van der Waals surface area contributed by atoms with Crippen molar-refractivity contribution in [1.29, 1.82) is 0 Å². The maximum Gasteiger partial charge on any atom is 0.338 e. The van der Waals surface area contributed by atoms with E-state index >= 15 is 0 Å². The molecule has 34 heavy (non-hydrogen) atoms. The van der Waals surface area contributed by atoms with E-state index in [2.05, 4.69) is 17.4 Å². The van der Waals surface area contributed by atoms with E-state index in [1.54, 1.807) is 16.4 Å². The first-order chi connectivity index (χ1) is 16.6. The van der Waals surface area contributed by atoms with Gasteiger partial charge in [-0.3, -0.25) is 0 Å². The van der Waals surface area contributed by atoms with Crippen LogP contribution in [0.5, 0.6) is 0 Å². The fraction of sp³-hybridized carbons (Fsp3) is 0.346. The number of esters is 1. The molecule has 0 saturated heterocycles. The lowest BCUT2D eigenvalue weighted by molar-refractivity contribution is -0.146. The number of aromatic nitrogens is 3. The summed E-state index contributed by atoms with van der Waals surface area (Å²) in [5.41, 5.74) is 3.23. The van der Waals surface area contributed by atoms with Gasteiger partial charge in [-0.1, -0.05) is 78.3 Å². The van der Waals surface area contributed by atoms with Crippen LogP contribution in [0.15, 0.2) is 71.0 Å². The Morgan fingerprint density at radius 3 is 2.62 bits per heavy atom. The van der Waals surface area contributed by atoms with E-state index in [1.807, 2.05) is 49.4 Å². The number of ether oxygens (including phenoxy) is 1. The molecule has 2 aromatic carbocycles. The van der Waals surface area contributed by atoms with Gasteiger partial charge in [-0.05, 0) is 44.2 Å². The monoisotopic (exact) mass is 494 g/mol. The molecule has 2 heterocycles. The molecule has 0 spiro atoms. The summed E-state index contributed by atoms with van der Waals surface area (Å²) in [6, 6.07) is 17.3. The Morgan fingerprint density at radius 1 is 1.12 bits per heavy atom. The molecule has 3 aromatic rings. The highest BCUT2D eigenvalue weighted by Gasteiger charge is 2.37. The Bertz CT molecular complexity index is 1200. The first kappa shape index (κ1) is 23.0. The minimum Gasteiger partial charge on any atom is -0.459 e. The van der Waals surface area contributed by atoms with Crippen LogP contribution in [0.3, 0.4) is 0 Å². The summed E-state index contributed by atoms with van der Waals surface area (Å²) < 4.78 is 7.74. The summed E-state index contributed by atoms with van der Waals surface area (Å²) >= 11 is 8.18. The highest BCUT2D eigenvalue weighted by atomic mass is 35.5. The Morgan fingerprint density at radius 2 is 1.85 bits per heavy atom. The fourth-order valence-electron chi connectivity index (χ4n) is 4.56. The second-order valence-corrected chi connectivity index (χ2v) is 10.0. The summed E-state index contributed by atoms with van der Waals surface area (Å²) in [4.78, 5) is 18.2. The van der Waals surface area contributed by atoms with Crippen molar-refractivity contribution in [3.63, 3.8) is 0 Å². The van der Waals surface area contributed by atoms with Crippen molar-refractivity contribution >= 4 is 35.3 Å². The number of rotatable bonds is 6. The van der Waals surface area contributed by atoms with Crippen LogP contribution >= 0.6 is 23.4 Å². The largest absolute Gasteiger partial charge is 0.459 e. The number of nitrogens with one attached hydrogen (secondary N) is 1. The summed E-state index contributed by atoms with van der Waals surface area (Å²) in [6.07, 6.45) is 5.18. The van der Waals surface area contributed by atoms with Gasteiger partial charge in [0.15, 0.2) is 0 Å². The highest BCUT2D eigenvalue weighted by molar-refractivity contribution is 7.98. The summed E-state index contributed by atoms with van der Waals surface area (Å²) in [6.45, 7) is 1.89. The molecule has 0 amide bonds. The van der Waals surface area contributed by atoms with E-state index in [9.17, 15) is 4.79 Å². The molecule has 1 saturated carbocycles. The van der Waals surface area contributed by atoms with Crippen LogP contribution < -0.4 is 5.32 Å². The molecule has 1 aliphatic heterocycles. The number of hydrogen-bond acceptors (Lipinski definition) is 6. The number of carbonyl (C=O) groups excluding carboxylic acids is 1. The molecular formula is C26H27ClN4O2S. The molecule has 0 bridgehead atoms. The number of anilines is 1. The molecule has 1 unspecified atom stereocenters. The van der Waals surface area contributed by atoms with Crippen molar-refractivity contribution in [3.05, 3.63) is 82.0 Å². The Labute approximate surface area is 208 Å². The zero-order valence-electron chi connectivity index (χ0n) is 19.0. The zero-order chi connectivity index (χ0) is 23.5. The molecule has 0 radical (unpaired) electrons. The van der Waals surface area contributed by atoms with E-state index in [-0.39, 0.29) is 12.1 Å². The molecule has 176 valence electrons. The van der Waals surface area contributed by atoms with Crippen LogP contribution in [0, 0.1) is 0 Å². The molecule has 1 aliphatic carbocycles. The van der Waals surface area contributed by atoms with Crippen LogP contribution in [-0.2, 0) is 15.3 Å². The lowest BCUT2D eigenvalue weighted by atomic mass is 9.95. The Kier molecular flexibility index (Phi) is 6.92. The number of carbonyl (C=O) groups is 1. The first-order valence-electron chi connectivity index (χ1n) is 11.7. The molecular weight excluding hydrogens is 468 g/mol. The normalized spacial score (nSPS) is 18.4. The summed E-state index contributed by atoms with van der Waals surface area (Å²) in [5.74, 6) is 1.03. The Balaban J connectivity index is 1.47. The number of hydrogen-bond donors (Lipinski definition) is 1. The van der Waals surface area contributed by atoms with Crippen molar-refractivity contribution < 1.29 is 9.53 Å². The molecule has 1 fully saturated rings. The van der Waals surface area contributed by atoms with Crippen LogP contribution in [0.4, 0.5) is 5.95 Å². The minimum atomic E-state index is -0.514. The van der Waals surface area contributed by atoms with Crippen LogP contribution in [-0.4, -0.2) is 26.8 Å². The van der Waals surface area contributed by atoms with Crippen molar-refractivity contribution in [2.45, 2.75) is 62.1 Å². The minimum absolute atomic E-state index is 0.0393. The topological polar surface area (TPSA) is 69.0 Å². The van der Waals surface area contributed by atoms with Gasteiger partial charge in [-0.2, -0.15) is 4.98 Å². The van der Waals surface area contributed by atoms with Crippen molar-refractivity contribution in [3.8, 4) is 0 Å². The standard InChI is InChI=1S/C26H27ClN4O2S/c1-17-22(24(32)33-19-12-6-3-7-13-19)23(20-14-8-9-15-21(20)27)31-25(28-17)29-26(30-31)34-16-18-10-4-2-5-11-18/h2,4-5,8-11,14-15,19,23H,3,6-7,12-13,16H2,1H3,(H,28,29,30). The average Bonchev–Trinajstić information content (AvgIpc) is 3.26. The van der Waals surface area contributed by atoms with Gasteiger partial charge in [-0.15, -0.1) is 5.10 Å². The maximum atomic E-state index is 13.5. The quantitative estimate of drug-likeness (QED) is 0.316. The lowest BCUT2D eigenvalue weighted by Gasteiger charge is -2.30. The third-order valence-electron chi connectivity index (χ3n) is 6.29. The summed E-state index contributed by atoms with van der Waals surface area (Å²) in [7, 11) is 0. The molecule has 1 N–H and O–H groups in total. The van der Waals surface area contributed by atoms with Gasteiger partial charge in [0.2, 0.25) is 11.1 Å². The van der Waals surface area contributed by atoms with Crippen LogP contribution in [0.1, 0.15) is 56.2 Å². The predicted octanol–water partition coefficient (Wildman–Crippen LogP) is 6.39. The van der Waals surface area contributed by atoms with Gasteiger partial charge in [0, 0.05) is 22.0 Å². The van der Waals surface area contributed by atoms with Gasteiger partial charge in [-0.25, -0.2) is 9.48 Å². The number of benzene rings is 2. The van der Waals surface area contributed by atoms with E-state index in [1.165, 1.54) is 12.0 Å². The molecule has 8 heteroatoms. The number of halogens is 1. The van der Waals surface area contributed by atoms with Gasteiger partial charge < -0.3 is 10.1 Å². The first-order valence-corrected chi connectivity index (χ1v) is 13.0. The van der Waals surface area contributed by atoms with E-state index in [4.69, 9.17) is 26.4 Å². The number of thioether (sulfide) groups is 1. The second-order valence-electron chi connectivity index (χ2n) is 8.69. The van der Waals surface area contributed by atoms with Crippen molar-refractivity contribution in [1.82, 2.24) is 14.8 Å². The molecule has 1 atom stereocenters. The third kappa shape index (κ3) is 4.86. The van der Waals surface area contributed by atoms with Crippen LogP contribution in [0.2, 0.25) is 5.02 Å². The van der Waals surface area contributed by atoms with Crippen molar-refractivity contribution in [2.75, 3.05) is 5.32 Å². The second kappa shape index (κ2) is 10.2. The average molecular weight is 495 g/mol. The SMILES string of the molecule is CC1=C(C(=O)OC2CCCCC2)C(c2ccccc2Cl)n2nc(SCc3ccccc3)nc2N1. The maximum absolute atomic E-state index is 13.5. The predicted molar refractivity (Wildman–Crippen MR) is 135 cm³/mol. The van der Waals surface area contributed by atoms with Gasteiger partial charge >= 0.3 is 5.97 Å². The smallest absolute Gasteiger partial charge is 0.338 e. The third-order valence-corrected chi connectivity index (χ3v) is 7.54. The number of allylic oxidation sites excluding steroid dienone is 1. The van der Waals surface area contributed by atoms with Gasteiger partial charge in [0.25, 0.3) is 0 Å². The van der Waals surface area contributed by atoms with Crippen molar-refractivity contribution in [2.24, 2.45) is 0 Å². The highest BCUT2D eigenvalue weighted by Crippen LogP contribution is 2.40. The number of nitrogens with zero attached hydrogens (tertiary/aromatic N) is 3. The Hall–Kier alpha value is -2.77. The van der Waals surface area contributed by atoms with Gasteiger partial charge in [0.05, 0.1) is 5.57 Å². The van der Waals surface area contributed by atoms with Crippen LogP contribution in [0.25, 0.3) is 0 Å². The van der Waals surface area contributed by atoms with Gasteiger partial charge in [0.1, 0.15) is 12.1 Å².